The van der Waals surface area contributed by atoms with E-state index in [9.17, 15) is 0 Å². The van der Waals surface area contributed by atoms with Gasteiger partial charge in [0.1, 0.15) is 23.6 Å². The van der Waals surface area contributed by atoms with Gasteiger partial charge in [-0.05, 0) is 24.3 Å². The van der Waals surface area contributed by atoms with Gasteiger partial charge in [-0.2, -0.15) is 10.2 Å². The second kappa shape index (κ2) is 8.00. The second-order valence-corrected chi connectivity index (χ2v) is 6.35. The van der Waals surface area contributed by atoms with Crippen molar-refractivity contribution < 1.29 is 9.47 Å². The number of hydrogen-bond donors (Lipinski definition) is 0. The summed E-state index contributed by atoms with van der Waals surface area (Å²) in [4.78, 5) is 0. The summed E-state index contributed by atoms with van der Waals surface area (Å²) in [6.45, 7) is 0. The number of nitrogens with zero attached hydrogens (tertiary/aromatic N) is 4. The summed E-state index contributed by atoms with van der Waals surface area (Å²) in [6.07, 6.45) is 7.49. The van der Waals surface area contributed by atoms with Crippen molar-refractivity contribution in [2.24, 2.45) is 0 Å². The quantitative estimate of drug-likeness (QED) is 0.491. The molecule has 0 spiro atoms. The zero-order valence-corrected chi connectivity index (χ0v) is 15.8. The van der Waals surface area contributed by atoms with Crippen LogP contribution in [0.3, 0.4) is 0 Å². The summed E-state index contributed by atoms with van der Waals surface area (Å²) in [5.74, 6) is 1.60. The third-order valence-corrected chi connectivity index (χ3v) is 4.83. The van der Waals surface area contributed by atoms with Gasteiger partial charge in [-0.15, -0.1) is 0 Å². The zero-order valence-electron chi connectivity index (χ0n) is 15.8. The molecule has 6 heteroatoms. The predicted octanol–water partition coefficient (Wildman–Crippen LogP) is 3.98. The first-order chi connectivity index (χ1) is 13.8. The molecular formula is C22H22N4O2. The summed E-state index contributed by atoms with van der Waals surface area (Å²) >= 11 is 0. The molecule has 142 valence electrons. The van der Waals surface area contributed by atoms with Crippen molar-refractivity contribution in [1.29, 1.82) is 0 Å². The molecule has 0 saturated carbocycles. The monoisotopic (exact) mass is 374 g/mol. The fraction of sp³-hybridized carbons (Fsp3) is 0.182. The summed E-state index contributed by atoms with van der Waals surface area (Å²) in [7, 11) is 3.37. The lowest BCUT2D eigenvalue weighted by atomic mass is 9.92. The Bertz CT molecular complexity index is 929. The maximum Gasteiger partial charge on any atom is 0.124 e. The van der Waals surface area contributed by atoms with Gasteiger partial charge in [-0.3, -0.25) is 9.36 Å². The van der Waals surface area contributed by atoms with Crippen molar-refractivity contribution in [2.75, 3.05) is 14.2 Å². The SMILES string of the molecule is COc1ccccc1C(C(c1ccccc1OC)n1cccn1)n1cccn1. The normalized spacial score (nSPS) is 13.1. The number of rotatable bonds is 7. The van der Waals surface area contributed by atoms with Gasteiger partial charge < -0.3 is 9.47 Å². The molecule has 6 nitrogen and oxygen atoms in total. The molecule has 4 rings (SSSR count). The molecule has 2 unspecified atom stereocenters. The fourth-order valence-electron chi connectivity index (χ4n) is 3.63. The van der Waals surface area contributed by atoms with E-state index < -0.39 is 0 Å². The Morgan fingerprint density at radius 1 is 0.643 bits per heavy atom. The van der Waals surface area contributed by atoms with Crippen molar-refractivity contribution in [3.8, 4) is 11.5 Å². The van der Waals surface area contributed by atoms with Gasteiger partial charge in [0, 0.05) is 35.9 Å². The Hall–Kier alpha value is -3.54. The van der Waals surface area contributed by atoms with Gasteiger partial charge in [0.25, 0.3) is 0 Å². The van der Waals surface area contributed by atoms with E-state index in [0.717, 1.165) is 22.6 Å². The summed E-state index contributed by atoms with van der Waals surface area (Å²) in [6, 6.07) is 19.5. The third kappa shape index (κ3) is 3.24. The lowest BCUT2D eigenvalue weighted by Crippen LogP contribution is -2.27. The molecule has 0 radical (unpaired) electrons. The number of para-hydroxylation sites is 2. The second-order valence-electron chi connectivity index (χ2n) is 6.35. The highest BCUT2D eigenvalue weighted by molar-refractivity contribution is 5.43. The Balaban J connectivity index is 1.97. The number of benzene rings is 2. The highest BCUT2D eigenvalue weighted by Gasteiger charge is 2.33. The Morgan fingerprint density at radius 2 is 1.07 bits per heavy atom. The van der Waals surface area contributed by atoms with Crippen LogP contribution in [0.15, 0.2) is 85.5 Å². The Kier molecular flexibility index (Phi) is 5.10. The van der Waals surface area contributed by atoms with E-state index in [-0.39, 0.29) is 12.1 Å². The topological polar surface area (TPSA) is 54.1 Å². The average molecular weight is 374 g/mol. The maximum absolute atomic E-state index is 5.68. The minimum absolute atomic E-state index is 0.192. The van der Waals surface area contributed by atoms with Crippen LogP contribution in [-0.2, 0) is 0 Å². The lowest BCUT2D eigenvalue weighted by Gasteiger charge is -2.30. The molecular weight excluding hydrogens is 352 g/mol. The molecule has 28 heavy (non-hydrogen) atoms. The van der Waals surface area contributed by atoms with Gasteiger partial charge in [0.05, 0.1) is 14.2 Å². The van der Waals surface area contributed by atoms with Crippen molar-refractivity contribution in [1.82, 2.24) is 19.6 Å². The largest absolute Gasteiger partial charge is 0.496 e. The van der Waals surface area contributed by atoms with Gasteiger partial charge in [-0.1, -0.05) is 36.4 Å². The molecule has 0 aliphatic carbocycles. The molecule has 0 fully saturated rings. The van der Waals surface area contributed by atoms with E-state index in [1.807, 2.05) is 70.3 Å². The van der Waals surface area contributed by atoms with E-state index in [0.29, 0.717) is 0 Å². The molecule has 4 aromatic rings. The standard InChI is InChI=1S/C22H22N4O2/c1-27-19-11-5-3-9-17(19)21(25-15-7-13-23-25)22(26-16-8-14-24-26)18-10-4-6-12-20(18)28-2/h3-16,21-22H,1-2H3. The molecule has 2 aromatic carbocycles. The summed E-state index contributed by atoms with van der Waals surface area (Å²) < 4.78 is 15.2. The number of hydrogen-bond acceptors (Lipinski definition) is 4. The van der Waals surface area contributed by atoms with Gasteiger partial charge in [-0.25, -0.2) is 0 Å². The van der Waals surface area contributed by atoms with Gasteiger partial charge >= 0.3 is 0 Å². The van der Waals surface area contributed by atoms with Crippen molar-refractivity contribution >= 4 is 0 Å². The van der Waals surface area contributed by atoms with Crippen LogP contribution in [-0.4, -0.2) is 33.8 Å². The summed E-state index contributed by atoms with van der Waals surface area (Å²) in [5.41, 5.74) is 2.03. The number of ether oxygens (including phenoxy) is 2. The molecule has 2 aromatic heterocycles. The van der Waals surface area contributed by atoms with E-state index >= 15 is 0 Å². The van der Waals surface area contributed by atoms with E-state index in [2.05, 4.69) is 22.3 Å². The van der Waals surface area contributed by atoms with E-state index in [1.54, 1.807) is 26.6 Å². The first-order valence-electron chi connectivity index (χ1n) is 9.07. The van der Waals surface area contributed by atoms with Crippen molar-refractivity contribution in [2.45, 2.75) is 12.1 Å². The fourth-order valence-corrected chi connectivity index (χ4v) is 3.63. The Labute approximate surface area is 164 Å². The molecule has 2 atom stereocenters. The van der Waals surface area contributed by atoms with Crippen LogP contribution in [0.5, 0.6) is 11.5 Å². The number of aromatic nitrogens is 4. The molecule has 0 saturated heterocycles. The van der Waals surface area contributed by atoms with Crippen LogP contribution >= 0.6 is 0 Å². The third-order valence-electron chi connectivity index (χ3n) is 4.83. The van der Waals surface area contributed by atoms with Crippen molar-refractivity contribution in [3.05, 3.63) is 96.6 Å². The minimum Gasteiger partial charge on any atom is -0.496 e. The zero-order chi connectivity index (χ0) is 19.3. The van der Waals surface area contributed by atoms with Crippen LogP contribution in [0.1, 0.15) is 23.2 Å². The molecule has 0 amide bonds. The average Bonchev–Trinajstić information content (AvgIpc) is 3.46. The van der Waals surface area contributed by atoms with Gasteiger partial charge in [0.2, 0.25) is 0 Å². The van der Waals surface area contributed by atoms with Crippen LogP contribution in [0.25, 0.3) is 0 Å². The predicted molar refractivity (Wildman–Crippen MR) is 107 cm³/mol. The maximum atomic E-state index is 5.68. The summed E-state index contributed by atoms with van der Waals surface area (Å²) in [5, 5.41) is 9.12. The molecule has 0 aliphatic rings. The van der Waals surface area contributed by atoms with Crippen LogP contribution < -0.4 is 9.47 Å². The lowest BCUT2D eigenvalue weighted by molar-refractivity contribution is 0.333. The van der Waals surface area contributed by atoms with Gasteiger partial charge in [0.15, 0.2) is 0 Å². The molecule has 2 heterocycles. The minimum atomic E-state index is -0.192. The smallest absolute Gasteiger partial charge is 0.124 e. The molecule has 0 N–H and O–H groups in total. The molecule has 0 bridgehead atoms. The van der Waals surface area contributed by atoms with E-state index in [1.165, 1.54) is 0 Å². The highest BCUT2D eigenvalue weighted by Crippen LogP contribution is 2.41. The highest BCUT2D eigenvalue weighted by atomic mass is 16.5. The number of methoxy groups -OCH3 is 2. The Morgan fingerprint density at radius 3 is 1.43 bits per heavy atom. The van der Waals surface area contributed by atoms with Crippen LogP contribution in [0, 0.1) is 0 Å². The van der Waals surface area contributed by atoms with E-state index in [4.69, 9.17) is 9.47 Å². The van der Waals surface area contributed by atoms with Crippen molar-refractivity contribution in [3.63, 3.8) is 0 Å². The van der Waals surface area contributed by atoms with Crippen LogP contribution in [0.4, 0.5) is 0 Å². The first-order valence-corrected chi connectivity index (χ1v) is 9.07. The first kappa shape index (κ1) is 17.9. The van der Waals surface area contributed by atoms with Crippen LogP contribution in [0.2, 0.25) is 0 Å². The molecule has 0 aliphatic heterocycles.